The molecule has 0 aromatic heterocycles. The fraction of sp³-hybridized carbons (Fsp3) is 1.00. The van der Waals surface area contributed by atoms with Crippen molar-refractivity contribution in [1.29, 1.82) is 0 Å². The average Bonchev–Trinajstić information content (AvgIpc) is 2.62. The normalized spacial score (nSPS) is 45.7. The van der Waals surface area contributed by atoms with Crippen LogP contribution in [0.15, 0.2) is 0 Å². The van der Waals surface area contributed by atoms with E-state index >= 15 is 0 Å². The Morgan fingerprint density at radius 1 is 0.769 bits per heavy atom. The van der Waals surface area contributed by atoms with Crippen LogP contribution in [0.4, 0.5) is 0 Å². The molecule has 0 aromatic rings. The van der Waals surface area contributed by atoms with Gasteiger partial charge in [-0.05, 0) is 38.5 Å². The summed E-state index contributed by atoms with van der Waals surface area (Å²) >= 11 is 12.1. The van der Waals surface area contributed by atoms with Crippen LogP contribution in [0.1, 0.15) is 38.5 Å². The lowest BCUT2D eigenvalue weighted by molar-refractivity contribution is 0.436. The molecule has 2 saturated carbocycles. The third kappa shape index (κ3) is 2.74. The van der Waals surface area contributed by atoms with E-state index in [0.29, 0.717) is 22.8 Å². The second kappa shape index (κ2) is 4.37. The largest absolute Gasteiger partial charge is 0.311 e. The van der Waals surface area contributed by atoms with E-state index in [0.717, 1.165) is 12.8 Å². The van der Waals surface area contributed by atoms with E-state index in [1.807, 2.05) is 0 Å². The van der Waals surface area contributed by atoms with Gasteiger partial charge >= 0.3 is 0 Å². The standard InChI is InChI=1S/C10H17Cl2N/c11-7-1-3-9(5-7)13-10-4-2-8(12)6-10/h7-10,13H,1-6H2. The van der Waals surface area contributed by atoms with Gasteiger partial charge in [-0.25, -0.2) is 0 Å². The quantitative estimate of drug-likeness (QED) is 0.708. The molecule has 2 aliphatic rings. The average molecular weight is 222 g/mol. The molecule has 2 aliphatic carbocycles. The minimum atomic E-state index is 0.408. The van der Waals surface area contributed by atoms with E-state index in [1.54, 1.807) is 0 Å². The molecule has 0 aromatic carbocycles. The number of rotatable bonds is 2. The first-order valence-corrected chi connectivity index (χ1v) is 6.15. The number of alkyl halides is 2. The molecule has 0 amide bonds. The van der Waals surface area contributed by atoms with Gasteiger partial charge in [0.2, 0.25) is 0 Å². The van der Waals surface area contributed by atoms with Crippen molar-refractivity contribution in [3.8, 4) is 0 Å². The van der Waals surface area contributed by atoms with Gasteiger partial charge in [0.05, 0.1) is 0 Å². The molecule has 1 nitrogen and oxygen atoms in total. The first-order valence-electron chi connectivity index (χ1n) is 5.28. The molecule has 2 rings (SSSR count). The highest BCUT2D eigenvalue weighted by atomic mass is 35.5. The lowest BCUT2D eigenvalue weighted by Crippen LogP contribution is -2.35. The van der Waals surface area contributed by atoms with Crippen LogP contribution < -0.4 is 5.32 Å². The van der Waals surface area contributed by atoms with Crippen LogP contribution in [0, 0.1) is 0 Å². The van der Waals surface area contributed by atoms with Gasteiger partial charge < -0.3 is 5.32 Å². The van der Waals surface area contributed by atoms with E-state index in [-0.39, 0.29) is 0 Å². The summed E-state index contributed by atoms with van der Waals surface area (Å²) in [5.41, 5.74) is 0. The topological polar surface area (TPSA) is 12.0 Å². The summed E-state index contributed by atoms with van der Waals surface area (Å²) in [6, 6.07) is 1.32. The molecule has 0 bridgehead atoms. The molecule has 2 fully saturated rings. The number of halogens is 2. The van der Waals surface area contributed by atoms with Crippen LogP contribution in [-0.2, 0) is 0 Å². The summed E-state index contributed by atoms with van der Waals surface area (Å²) < 4.78 is 0. The van der Waals surface area contributed by atoms with Crippen molar-refractivity contribution in [2.45, 2.75) is 61.4 Å². The maximum absolute atomic E-state index is 6.05. The lowest BCUT2D eigenvalue weighted by Gasteiger charge is -2.18. The van der Waals surface area contributed by atoms with Gasteiger partial charge in [0.1, 0.15) is 0 Å². The second-order valence-corrected chi connectivity index (χ2v) is 5.62. The molecule has 3 heteroatoms. The fourth-order valence-corrected chi connectivity index (χ4v) is 3.17. The zero-order valence-corrected chi connectivity index (χ0v) is 9.32. The smallest absolute Gasteiger partial charge is 0.0351 e. The zero-order valence-electron chi connectivity index (χ0n) is 7.81. The minimum Gasteiger partial charge on any atom is -0.311 e. The van der Waals surface area contributed by atoms with Crippen molar-refractivity contribution in [3.05, 3.63) is 0 Å². The third-order valence-corrected chi connectivity index (χ3v) is 4.00. The minimum absolute atomic E-state index is 0.408. The zero-order chi connectivity index (χ0) is 9.26. The van der Waals surface area contributed by atoms with Gasteiger partial charge in [-0.1, -0.05) is 0 Å². The summed E-state index contributed by atoms with van der Waals surface area (Å²) in [6.45, 7) is 0. The maximum atomic E-state index is 6.05. The molecule has 0 aliphatic heterocycles. The Hall–Kier alpha value is 0.540. The van der Waals surface area contributed by atoms with E-state index in [2.05, 4.69) is 5.32 Å². The first kappa shape index (κ1) is 10.1. The Morgan fingerprint density at radius 3 is 1.54 bits per heavy atom. The SMILES string of the molecule is ClC1CCC(NC2CCC(Cl)C2)C1. The highest BCUT2D eigenvalue weighted by Gasteiger charge is 2.28. The van der Waals surface area contributed by atoms with E-state index in [1.165, 1.54) is 25.7 Å². The van der Waals surface area contributed by atoms with Crippen LogP contribution in [0.5, 0.6) is 0 Å². The Bertz CT molecular complexity index is 156. The van der Waals surface area contributed by atoms with Gasteiger partial charge in [0, 0.05) is 22.8 Å². The van der Waals surface area contributed by atoms with E-state index in [4.69, 9.17) is 23.2 Å². The van der Waals surface area contributed by atoms with Crippen LogP contribution in [0.2, 0.25) is 0 Å². The molecule has 1 N–H and O–H groups in total. The molecule has 4 unspecified atom stereocenters. The molecular weight excluding hydrogens is 205 g/mol. The molecule has 13 heavy (non-hydrogen) atoms. The number of nitrogens with one attached hydrogen (secondary N) is 1. The van der Waals surface area contributed by atoms with Crippen molar-refractivity contribution in [2.24, 2.45) is 0 Å². The Kier molecular flexibility index (Phi) is 3.39. The van der Waals surface area contributed by atoms with Crippen LogP contribution in [-0.4, -0.2) is 22.8 Å². The Balaban J connectivity index is 1.72. The summed E-state index contributed by atoms with van der Waals surface area (Å²) in [7, 11) is 0. The summed E-state index contributed by atoms with van der Waals surface area (Å²) in [6.07, 6.45) is 7.14. The molecule has 0 radical (unpaired) electrons. The van der Waals surface area contributed by atoms with Crippen molar-refractivity contribution in [1.82, 2.24) is 5.32 Å². The van der Waals surface area contributed by atoms with Crippen molar-refractivity contribution >= 4 is 23.2 Å². The van der Waals surface area contributed by atoms with Gasteiger partial charge in [-0.2, -0.15) is 0 Å². The fourth-order valence-electron chi connectivity index (χ4n) is 2.49. The molecule has 4 atom stereocenters. The maximum Gasteiger partial charge on any atom is 0.0351 e. The van der Waals surface area contributed by atoms with Crippen LogP contribution in [0.25, 0.3) is 0 Å². The first-order chi connectivity index (χ1) is 6.24. The van der Waals surface area contributed by atoms with Gasteiger partial charge in [0.15, 0.2) is 0 Å². The third-order valence-electron chi connectivity index (χ3n) is 3.21. The second-order valence-electron chi connectivity index (χ2n) is 4.38. The highest BCUT2D eigenvalue weighted by Crippen LogP contribution is 2.28. The Labute approximate surface area is 90.2 Å². The van der Waals surface area contributed by atoms with Gasteiger partial charge in [-0.3, -0.25) is 0 Å². The highest BCUT2D eigenvalue weighted by molar-refractivity contribution is 6.21. The Morgan fingerprint density at radius 2 is 1.23 bits per heavy atom. The number of hydrogen-bond acceptors (Lipinski definition) is 1. The monoisotopic (exact) mass is 221 g/mol. The van der Waals surface area contributed by atoms with Crippen molar-refractivity contribution in [3.63, 3.8) is 0 Å². The van der Waals surface area contributed by atoms with Crippen LogP contribution in [0.3, 0.4) is 0 Å². The predicted octanol–water partition coefficient (Wildman–Crippen LogP) is 2.90. The van der Waals surface area contributed by atoms with E-state index < -0.39 is 0 Å². The van der Waals surface area contributed by atoms with Crippen LogP contribution >= 0.6 is 23.2 Å². The summed E-state index contributed by atoms with van der Waals surface area (Å²) in [4.78, 5) is 0. The van der Waals surface area contributed by atoms with Gasteiger partial charge in [0.25, 0.3) is 0 Å². The summed E-state index contributed by atoms with van der Waals surface area (Å²) in [5.74, 6) is 0. The number of hydrogen-bond donors (Lipinski definition) is 1. The van der Waals surface area contributed by atoms with E-state index in [9.17, 15) is 0 Å². The molecular formula is C10H17Cl2N. The van der Waals surface area contributed by atoms with Gasteiger partial charge in [-0.15, -0.1) is 23.2 Å². The molecule has 0 spiro atoms. The predicted molar refractivity (Wildman–Crippen MR) is 57.7 cm³/mol. The molecule has 0 heterocycles. The van der Waals surface area contributed by atoms with Crippen molar-refractivity contribution < 1.29 is 0 Å². The molecule has 76 valence electrons. The lowest BCUT2D eigenvalue weighted by atomic mass is 10.2. The van der Waals surface area contributed by atoms with Crippen molar-refractivity contribution in [2.75, 3.05) is 0 Å². The summed E-state index contributed by atoms with van der Waals surface area (Å²) in [5, 5.41) is 4.49. The molecule has 0 saturated heterocycles.